The summed E-state index contributed by atoms with van der Waals surface area (Å²) in [4.78, 5) is 2.59. The fourth-order valence-corrected chi connectivity index (χ4v) is 4.78. The molecule has 3 aromatic rings. The first kappa shape index (κ1) is 14.4. The fraction of sp³-hybridized carbons (Fsp3) is 0.500. The molecular formula is C18H20N4OS. The molecule has 0 spiro atoms. The van der Waals surface area contributed by atoms with Crippen molar-refractivity contribution < 1.29 is 4.42 Å². The Hall–Kier alpha value is -1.95. The maximum atomic E-state index is 6.04. The van der Waals surface area contributed by atoms with Crippen molar-refractivity contribution in [3.8, 4) is 22.2 Å². The highest BCUT2D eigenvalue weighted by atomic mass is 32.1. The summed E-state index contributed by atoms with van der Waals surface area (Å²) >= 11 is 1.80. The Bertz CT molecular complexity index is 865. The van der Waals surface area contributed by atoms with Crippen molar-refractivity contribution in [1.29, 1.82) is 0 Å². The molecule has 1 saturated carbocycles. The third kappa shape index (κ3) is 2.32. The molecule has 5 nitrogen and oxygen atoms in total. The second kappa shape index (κ2) is 5.55. The maximum absolute atomic E-state index is 6.04. The molecular weight excluding hydrogens is 320 g/mol. The van der Waals surface area contributed by atoms with Crippen LogP contribution in [0.25, 0.3) is 22.2 Å². The standard InChI is InChI=1S/C18H20N4OS/c1-2-8-22-16(11-6-7-11)13(10-19-22)17-20-21-18(23-17)15-9-12-4-3-5-14(12)24-15/h9-11H,2-8H2,1H3. The summed E-state index contributed by atoms with van der Waals surface area (Å²) in [6, 6.07) is 2.23. The summed E-state index contributed by atoms with van der Waals surface area (Å²) in [5, 5.41) is 13.2. The summed E-state index contributed by atoms with van der Waals surface area (Å²) in [5.41, 5.74) is 3.76. The molecule has 3 aromatic heterocycles. The third-order valence-corrected chi connectivity index (χ3v) is 6.12. The van der Waals surface area contributed by atoms with Gasteiger partial charge in [0.25, 0.3) is 11.8 Å². The number of thiophene rings is 1. The Morgan fingerprint density at radius 2 is 2.12 bits per heavy atom. The van der Waals surface area contributed by atoms with Gasteiger partial charge in [-0.05, 0) is 50.2 Å². The van der Waals surface area contributed by atoms with Crippen molar-refractivity contribution in [2.75, 3.05) is 0 Å². The summed E-state index contributed by atoms with van der Waals surface area (Å²) in [6.07, 6.45) is 9.10. The topological polar surface area (TPSA) is 56.7 Å². The lowest BCUT2D eigenvalue weighted by Crippen LogP contribution is -2.03. The molecule has 0 aromatic carbocycles. The summed E-state index contributed by atoms with van der Waals surface area (Å²) in [5.74, 6) is 1.87. The molecule has 2 aliphatic rings. The molecule has 24 heavy (non-hydrogen) atoms. The average molecular weight is 340 g/mol. The van der Waals surface area contributed by atoms with Crippen LogP contribution in [0.3, 0.4) is 0 Å². The van der Waals surface area contributed by atoms with E-state index in [4.69, 9.17) is 4.42 Å². The van der Waals surface area contributed by atoms with Crippen molar-refractivity contribution in [2.45, 2.75) is 57.9 Å². The Morgan fingerprint density at radius 3 is 2.92 bits per heavy atom. The van der Waals surface area contributed by atoms with Crippen LogP contribution in [0.1, 0.15) is 54.7 Å². The van der Waals surface area contributed by atoms with E-state index in [0.717, 1.165) is 23.4 Å². The smallest absolute Gasteiger partial charge is 0.258 e. The van der Waals surface area contributed by atoms with Crippen LogP contribution < -0.4 is 0 Å². The molecule has 0 bridgehead atoms. The van der Waals surface area contributed by atoms with Crippen molar-refractivity contribution in [3.05, 3.63) is 28.4 Å². The molecule has 3 heterocycles. The second-order valence-electron chi connectivity index (χ2n) is 6.77. The zero-order valence-corrected chi connectivity index (χ0v) is 14.6. The van der Waals surface area contributed by atoms with E-state index in [1.165, 1.54) is 48.2 Å². The predicted molar refractivity (Wildman–Crippen MR) is 93.1 cm³/mol. The molecule has 0 unspecified atom stereocenters. The van der Waals surface area contributed by atoms with Crippen LogP contribution in [0, 0.1) is 0 Å². The normalized spacial score (nSPS) is 16.7. The lowest BCUT2D eigenvalue weighted by Gasteiger charge is -2.05. The first-order valence-electron chi connectivity index (χ1n) is 8.85. The van der Waals surface area contributed by atoms with E-state index in [9.17, 15) is 0 Å². The molecule has 0 aliphatic heterocycles. The van der Waals surface area contributed by atoms with Crippen LogP contribution in [0.2, 0.25) is 0 Å². The van der Waals surface area contributed by atoms with E-state index < -0.39 is 0 Å². The number of aromatic nitrogens is 4. The zero-order valence-electron chi connectivity index (χ0n) is 13.8. The number of nitrogens with zero attached hydrogens (tertiary/aromatic N) is 4. The Morgan fingerprint density at radius 1 is 1.25 bits per heavy atom. The molecule has 0 radical (unpaired) electrons. The van der Waals surface area contributed by atoms with Gasteiger partial charge in [0.1, 0.15) is 0 Å². The number of hydrogen-bond acceptors (Lipinski definition) is 5. The van der Waals surface area contributed by atoms with Gasteiger partial charge in [-0.3, -0.25) is 4.68 Å². The van der Waals surface area contributed by atoms with Gasteiger partial charge in [0, 0.05) is 17.3 Å². The van der Waals surface area contributed by atoms with Gasteiger partial charge < -0.3 is 4.42 Å². The van der Waals surface area contributed by atoms with Gasteiger partial charge >= 0.3 is 0 Å². The lowest BCUT2D eigenvalue weighted by molar-refractivity contribution is 0.569. The third-order valence-electron chi connectivity index (χ3n) is 4.89. The van der Waals surface area contributed by atoms with Crippen LogP contribution in [-0.4, -0.2) is 20.0 Å². The highest BCUT2D eigenvalue weighted by molar-refractivity contribution is 7.15. The molecule has 2 aliphatic carbocycles. The minimum atomic E-state index is 0.606. The van der Waals surface area contributed by atoms with Crippen molar-refractivity contribution in [1.82, 2.24) is 20.0 Å². The monoisotopic (exact) mass is 340 g/mol. The lowest BCUT2D eigenvalue weighted by atomic mass is 10.2. The second-order valence-corrected chi connectivity index (χ2v) is 7.90. The number of rotatable bonds is 5. The summed E-state index contributed by atoms with van der Waals surface area (Å²) < 4.78 is 8.16. The van der Waals surface area contributed by atoms with Crippen LogP contribution in [0.5, 0.6) is 0 Å². The number of hydrogen-bond donors (Lipinski definition) is 0. The average Bonchev–Trinajstić information content (AvgIpc) is 3.00. The molecule has 5 rings (SSSR count). The van der Waals surface area contributed by atoms with Gasteiger partial charge in [0.2, 0.25) is 0 Å². The first-order chi connectivity index (χ1) is 11.8. The van der Waals surface area contributed by atoms with Gasteiger partial charge in [0.15, 0.2) is 0 Å². The van der Waals surface area contributed by atoms with Crippen LogP contribution in [0.4, 0.5) is 0 Å². The van der Waals surface area contributed by atoms with E-state index >= 15 is 0 Å². The molecule has 6 heteroatoms. The zero-order chi connectivity index (χ0) is 16.1. The fourth-order valence-electron chi connectivity index (χ4n) is 3.60. The van der Waals surface area contributed by atoms with Crippen molar-refractivity contribution in [2.24, 2.45) is 0 Å². The SMILES string of the molecule is CCCn1ncc(-c2nnc(-c3cc4c(s3)CCC4)o2)c1C1CC1. The largest absolute Gasteiger partial charge is 0.415 e. The summed E-state index contributed by atoms with van der Waals surface area (Å²) in [7, 11) is 0. The van der Waals surface area contributed by atoms with Gasteiger partial charge in [-0.15, -0.1) is 21.5 Å². The van der Waals surface area contributed by atoms with Gasteiger partial charge in [-0.2, -0.15) is 5.10 Å². The summed E-state index contributed by atoms with van der Waals surface area (Å²) in [6.45, 7) is 3.13. The van der Waals surface area contributed by atoms with E-state index in [1.807, 2.05) is 6.20 Å². The molecule has 0 atom stereocenters. The molecule has 0 saturated heterocycles. The van der Waals surface area contributed by atoms with Gasteiger partial charge in [-0.25, -0.2) is 0 Å². The predicted octanol–water partition coefficient (Wildman–Crippen LogP) is 4.44. The van der Waals surface area contributed by atoms with E-state index in [-0.39, 0.29) is 0 Å². The van der Waals surface area contributed by atoms with Crippen LogP contribution in [0.15, 0.2) is 16.7 Å². The quantitative estimate of drug-likeness (QED) is 0.689. The number of fused-ring (bicyclic) bond motifs is 1. The van der Waals surface area contributed by atoms with Gasteiger partial charge in [0.05, 0.1) is 22.3 Å². The van der Waals surface area contributed by atoms with E-state index in [2.05, 4.69) is 33.0 Å². The van der Waals surface area contributed by atoms with Crippen molar-refractivity contribution >= 4 is 11.3 Å². The highest BCUT2D eigenvalue weighted by Gasteiger charge is 2.32. The number of aryl methyl sites for hydroxylation is 3. The van der Waals surface area contributed by atoms with Crippen molar-refractivity contribution in [3.63, 3.8) is 0 Å². The first-order valence-corrected chi connectivity index (χ1v) is 9.66. The molecule has 1 fully saturated rings. The minimum absolute atomic E-state index is 0.606. The van der Waals surface area contributed by atoms with Crippen LogP contribution in [-0.2, 0) is 19.4 Å². The van der Waals surface area contributed by atoms with E-state index in [0.29, 0.717) is 17.7 Å². The Kier molecular flexibility index (Phi) is 3.33. The van der Waals surface area contributed by atoms with E-state index in [1.54, 1.807) is 11.3 Å². The van der Waals surface area contributed by atoms with Crippen LogP contribution >= 0.6 is 11.3 Å². The molecule has 0 N–H and O–H groups in total. The highest BCUT2D eigenvalue weighted by Crippen LogP contribution is 2.45. The molecule has 124 valence electrons. The molecule has 0 amide bonds. The Balaban J connectivity index is 1.51. The minimum Gasteiger partial charge on any atom is -0.415 e. The van der Waals surface area contributed by atoms with Gasteiger partial charge in [-0.1, -0.05) is 6.92 Å². The maximum Gasteiger partial charge on any atom is 0.258 e. The Labute approximate surface area is 144 Å².